The van der Waals surface area contributed by atoms with Gasteiger partial charge < -0.3 is 14.6 Å². The molecule has 0 amide bonds. The van der Waals surface area contributed by atoms with Gasteiger partial charge in [0.2, 0.25) is 0 Å². The number of halogens is 1. The number of rotatable bonds is 8. The molecule has 40 heavy (non-hydrogen) atoms. The molecule has 1 atom stereocenters. The minimum absolute atomic E-state index is 0.213. The van der Waals surface area contributed by atoms with Gasteiger partial charge >= 0.3 is 5.69 Å². The van der Waals surface area contributed by atoms with E-state index in [4.69, 9.17) is 4.74 Å². The van der Waals surface area contributed by atoms with Crippen molar-refractivity contribution in [3.05, 3.63) is 105 Å². The summed E-state index contributed by atoms with van der Waals surface area (Å²) in [6.45, 7) is 3.16. The second kappa shape index (κ2) is 11.1. The van der Waals surface area contributed by atoms with Gasteiger partial charge in [0, 0.05) is 41.9 Å². The third kappa shape index (κ3) is 4.84. The van der Waals surface area contributed by atoms with Crippen LogP contribution in [0.2, 0.25) is 0 Å². The third-order valence-electron chi connectivity index (χ3n) is 8.12. The van der Waals surface area contributed by atoms with E-state index in [1.54, 1.807) is 42.0 Å². The molecule has 7 nitrogen and oxygen atoms in total. The molecule has 1 aliphatic rings. The summed E-state index contributed by atoms with van der Waals surface area (Å²) in [5.74, 6) is 0.725. The second-order valence-electron chi connectivity index (χ2n) is 10.6. The number of H-pyrrole nitrogens is 1. The molecule has 1 N–H and O–H groups in total. The summed E-state index contributed by atoms with van der Waals surface area (Å²) in [6, 6.07) is 17.7. The molecule has 206 valence electrons. The van der Waals surface area contributed by atoms with Crippen molar-refractivity contribution in [2.45, 2.75) is 38.1 Å². The normalized spacial score (nSPS) is 16.1. The van der Waals surface area contributed by atoms with Gasteiger partial charge in [0.15, 0.2) is 0 Å². The quantitative estimate of drug-likeness (QED) is 0.267. The molecular formula is C32H33FN4O3. The number of fused-ring (bicyclic) bond motifs is 2. The Kier molecular flexibility index (Phi) is 7.26. The lowest BCUT2D eigenvalue weighted by molar-refractivity contribution is 0.204. The Bertz CT molecular complexity index is 1790. The van der Waals surface area contributed by atoms with E-state index in [0.29, 0.717) is 41.3 Å². The van der Waals surface area contributed by atoms with Crippen LogP contribution in [-0.2, 0) is 6.54 Å². The first kappa shape index (κ1) is 26.1. The lowest BCUT2D eigenvalue weighted by atomic mass is 9.90. The third-order valence-corrected chi connectivity index (χ3v) is 8.12. The molecule has 1 saturated heterocycles. The van der Waals surface area contributed by atoms with E-state index in [-0.39, 0.29) is 17.1 Å². The van der Waals surface area contributed by atoms with Crippen molar-refractivity contribution in [3.8, 4) is 16.9 Å². The molecule has 4 heterocycles. The largest absolute Gasteiger partial charge is 0.496 e. The average molecular weight is 541 g/mol. The number of unbranched alkanes of at least 4 members (excludes halogenated alkanes) is 1. The average Bonchev–Trinajstić information content (AvgIpc) is 3.40. The van der Waals surface area contributed by atoms with Gasteiger partial charge in [-0.3, -0.25) is 13.8 Å². The van der Waals surface area contributed by atoms with Crippen molar-refractivity contribution in [3.63, 3.8) is 0 Å². The molecule has 3 aromatic heterocycles. The number of para-hydroxylation sites is 1. The van der Waals surface area contributed by atoms with Crippen molar-refractivity contribution in [1.29, 1.82) is 0 Å². The molecule has 1 fully saturated rings. The number of aromatic amines is 1. The molecule has 0 bridgehead atoms. The number of nitrogens with zero attached hydrogens (tertiary/aromatic N) is 3. The van der Waals surface area contributed by atoms with Crippen LogP contribution in [0.25, 0.3) is 27.5 Å². The summed E-state index contributed by atoms with van der Waals surface area (Å²) in [7, 11) is 1.58. The van der Waals surface area contributed by atoms with E-state index in [0.717, 1.165) is 49.8 Å². The molecule has 0 spiro atoms. The predicted molar refractivity (Wildman–Crippen MR) is 156 cm³/mol. The molecule has 1 unspecified atom stereocenters. The molecule has 2 aromatic carbocycles. The zero-order chi connectivity index (χ0) is 27.6. The highest BCUT2D eigenvalue weighted by Gasteiger charge is 2.24. The van der Waals surface area contributed by atoms with E-state index in [2.05, 4.69) is 9.88 Å². The Morgan fingerprint density at radius 2 is 1.85 bits per heavy atom. The van der Waals surface area contributed by atoms with Crippen molar-refractivity contribution in [2.24, 2.45) is 0 Å². The first-order valence-electron chi connectivity index (χ1n) is 13.9. The number of piperidine rings is 1. The number of pyridine rings is 1. The number of methoxy groups -OCH3 is 1. The van der Waals surface area contributed by atoms with Gasteiger partial charge in [-0.15, -0.1) is 0 Å². The van der Waals surface area contributed by atoms with E-state index >= 15 is 0 Å². The Morgan fingerprint density at radius 1 is 1.02 bits per heavy atom. The fraction of sp³-hybridized carbons (Fsp3) is 0.312. The topological polar surface area (TPSA) is 71.7 Å². The van der Waals surface area contributed by atoms with E-state index < -0.39 is 0 Å². The maximum atomic E-state index is 13.9. The number of benzene rings is 2. The maximum absolute atomic E-state index is 13.9. The minimum Gasteiger partial charge on any atom is -0.496 e. The summed E-state index contributed by atoms with van der Waals surface area (Å²) in [5, 5.41) is 0.967. The van der Waals surface area contributed by atoms with Gasteiger partial charge in [0.25, 0.3) is 5.56 Å². The smallest absolute Gasteiger partial charge is 0.335 e. The van der Waals surface area contributed by atoms with Crippen molar-refractivity contribution >= 4 is 16.4 Å². The molecule has 6 rings (SSSR count). The SMILES string of the molecule is COc1ccccc1-c1c(=O)n(CCCCN2CCCC(c3c[nH]c4ccc(F)cc34)C2)c(=O)n2ccccc12. The molecule has 0 radical (unpaired) electrons. The summed E-state index contributed by atoms with van der Waals surface area (Å²) in [6.07, 6.45) is 7.46. The first-order valence-corrected chi connectivity index (χ1v) is 13.9. The Hall–Kier alpha value is -4.17. The fourth-order valence-corrected chi connectivity index (χ4v) is 6.15. The summed E-state index contributed by atoms with van der Waals surface area (Å²) in [5.41, 5.74) is 3.21. The fourth-order valence-electron chi connectivity index (χ4n) is 6.15. The van der Waals surface area contributed by atoms with Gasteiger partial charge in [-0.1, -0.05) is 24.3 Å². The van der Waals surface area contributed by atoms with Gasteiger partial charge in [0.05, 0.1) is 18.2 Å². The lowest BCUT2D eigenvalue weighted by Crippen LogP contribution is -2.39. The minimum atomic E-state index is -0.330. The number of ether oxygens (including phenoxy) is 1. The number of hydrogen-bond acceptors (Lipinski definition) is 4. The summed E-state index contributed by atoms with van der Waals surface area (Å²) < 4.78 is 22.3. The number of likely N-dealkylation sites (tertiary alicyclic amines) is 1. The predicted octanol–water partition coefficient (Wildman–Crippen LogP) is 5.42. The summed E-state index contributed by atoms with van der Waals surface area (Å²) >= 11 is 0. The van der Waals surface area contributed by atoms with Gasteiger partial charge in [-0.2, -0.15) is 0 Å². The molecule has 0 aliphatic carbocycles. The Balaban J connectivity index is 1.18. The maximum Gasteiger partial charge on any atom is 0.335 e. The van der Waals surface area contributed by atoms with E-state index in [9.17, 15) is 14.0 Å². The molecule has 0 saturated carbocycles. The standard InChI is InChI=1S/C32H33FN4O3/c1-40-29-12-3-2-10-24(29)30-28-11-4-5-17-36(28)32(39)37(31(30)38)18-7-6-15-35-16-8-9-22(21-35)26-20-34-27-14-13-23(33)19-25(26)27/h2-5,10-14,17,19-20,22,34H,6-9,15-16,18,21H2,1H3. The Morgan fingerprint density at radius 3 is 2.73 bits per heavy atom. The van der Waals surface area contributed by atoms with Crippen LogP contribution >= 0.6 is 0 Å². The van der Waals surface area contributed by atoms with Crippen LogP contribution in [0, 0.1) is 5.82 Å². The van der Waals surface area contributed by atoms with Gasteiger partial charge in [-0.25, -0.2) is 9.18 Å². The van der Waals surface area contributed by atoms with Crippen LogP contribution in [0.3, 0.4) is 0 Å². The van der Waals surface area contributed by atoms with E-state index in [1.165, 1.54) is 16.2 Å². The van der Waals surface area contributed by atoms with Crippen LogP contribution in [0.1, 0.15) is 37.2 Å². The Labute approximate surface area is 231 Å². The van der Waals surface area contributed by atoms with E-state index in [1.807, 2.05) is 36.5 Å². The van der Waals surface area contributed by atoms with Crippen molar-refractivity contribution < 1.29 is 9.13 Å². The first-order chi connectivity index (χ1) is 19.5. The highest BCUT2D eigenvalue weighted by atomic mass is 19.1. The van der Waals surface area contributed by atoms with Crippen molar-refractivity contribution in [1.82, 2.24) is 18.9 Å². The monoisotopic (exact) mass is 540 g/mol. The van der Waals surface area contributed by atoms with Crippen LogP contribution in [0.5, 0.6) is 5.75 Å². The molecule has 1 aliphatic heterocycles. The lowest BCUT2D eigenvalue weighted by Gasteiger charge is -2.32. The number of aromatic nitrogens is 3. The molecule has 8 heteroatoms. The number of hydrogen-bond donors (Lipinski definition) is 1. The van der Waals surface area contributed by atoms with Gasteiger partial charge in [0.1, 0.15) is 11.6 Å². The van der Waals surface area contributed by atoms with Crippen LogP contribution in [0.4, 0.5) is 4.39 Å². The van der Waals surface area contributed by atoms with Crippen LogP contribution < -0.4 is 16.0 Å². The van der Waals surface area contributed by atoms with Crippen molar-refractivity contribution in [2.75, 3.05) is 26.7 Å². The zero-order valence-electron chi connectivity index (χ0n) is 22.6. The number of nitrogens with one attached hydrogen (secondary N) is 1. The molecule has 5 aromatic rings. The summed E-state index contributed by atoms with van der Waals surface area (Å²) in [4.78, 5) is 32.8. The zero-order valence-corrected chi connectivity index (χ0v) is 22.6. The highest BCUT2D eigenvalue weighted by molar-refractivity contribution is 5.84. The van der Waals surface area contributed by atoms with Crippen LogP contribution in [0.15, 0.2) is 82.6 Å². The molecular weight excluding hydrogens is 507 g/mol. The van der Waals surface area contributed by atoms with Gasteiger partial charge in [-0.05, 0) is 86.7 Å². The van der Waals surface area contributed by atoms with Crippen LogP contribution in [-0.4, -0.2) is 45.6 Å². The highest BCUT2D eigenvalue weighted by Crippen LogP contribution is 2.33. The second-order valence-corrected chi connectivity index (χ2v) is 10.6.